The summed E-state index contributed by atoms with van der Waals surface area (Å²) in [6.45, 7) is 0. The summed E-state index contributed by atoms with van der Waals surface area (Å²) < 4.78 is 1.72. The average Bonchev–Trinajstić information content (AvgIpc) is 3.01. The second-order valence-corrected chi connectivity index (χ2v) is 4.95. The number of ketones is 1. The van der Waals surface area contributed by atoms with Gasteiger partial charge in [-0.15, -0.1) is 0 Å². The van der Waals surface area contributed by atoms with Crippen LogP contribution in [-0.2, 0) is 4.79 Å². The summed E-state index contributed by atoms with van der Waals surface area (Å²) in [4.78, 5) is 23.9. The molecule has 1 N–H and O–H groups in total. The van der Waals surface area contributed by atoms with Crippen LogP contribution in [0.4, 0.5) is 5.69 Å². The average molecular weight is 293 g/mol. The summed E-state index contributed by atoms with van der Waals surface area (Å²) in [5, 5.41) is 6.89. The minimum absolute atomic E-state index is 0.0259. The van der Waals surface area contributed by atoms with E-state index >= 15 is 0 Å². The van der Waals surface area contributed by atoms with E-state index in [1.807, 2.05) is 30.3 Å². The number of carbonyl (C=O) groups is 2. The van der Waals surface area contributed by atoms with E-state index < -0.39 is 0 Å². The monoisotopic (exact) mass is 293 g/mol. The molecule has 2 aromatic heterocycles. The largest absolute Gasteiger partial charge is 0.326 e. The predicted octanol–water partition coefficient (Wildman–Crippen LogP) is 2.94. The Kier molecular flexibility index (Phi) is 3.96. The molecule has 0 saturated heterocycles. The van der Waals surface area contributed by atoms with Crippen molar-refractivity contribution in [2.24, 2.45) is 0 Å². The Balaban J connectivity index is 1.57. The van der Waals surface area contributed by atoms with Crippen LogP contribution in [0.15, 0.2) is 60.9 Å². The number of anilines is 1. The smallest absolute Gasteiger partial charge is 0.224 e. The number of carbonyl (C=O) groups excluding carboxylic acids is 2. The molecule has 1 amide bonds. The standard InChI is InChI=1S/C17H15N3O2/c21-16(13-4-2-1-3-5-13)6-7-17(22)19-14-9-11-20-15(12-14)8-10-18-20/h1-5,8-12H,6-7H2,(H,19,22). The van der Waals surface area contributed by atoms with E-state index in [1.54, 1.807) is 35.1 Å². The molecule has 0 unspecified atom stereocenters. The summed E-state index contributed by atoms with van der Waals surface area (Å²) in [5.41, 5.74) is 2.24. The number of hydrogen-bond acceptors (Lipinski definition) is 3. The highest BCUT2D eigenvalue weighted by Crippen LogP contribution is 2.12. The van der Waals surface area contributed by atoms with Gasteiger partial charge in [0.15, 0.2) is 5.78 Å². The van der Waals surface area contributed by atoms with E-state index in [9.17, 15) is 9.59 Å². The van der Waals surface area contributed by atoms with Gasteiger partial charge in [-0.3, -0.25) is 9.59 Å². The van der Waals surface area contributed by atoms with Gasteiger partial charge < -0.3 is 5.32 Å². The minimum Gasteiger partial charge on any atom is -0.326 e. The first-order chi connectivity index (χ1) is 10.7. The summed E-state index contributed by atoms with van der Waals surface area (Å²) in [5.74, 6) is -0.199. The summed E-state index contributed by atoms with van der Waals surface area (Å²) in [6, 6.07) is 14.5. The molecule has 0 aliphatic carbocycles. The lowest BCUT2D eigenvalue weighted by molar-refractivity contribution is -0.116. The number of fused-ring (bicyclic) bond motifs is 1. The van der Waals surface area contributed by atoms with Crippen LogP contribution in [0, 0.1) is 0 Å². The van der Waals surface area contributed by atoms with Crippen molar-refractivity contribution in [1.29, 1.82) is 0 Å². The number of hydrogen-bond donors (Lipinski definition) is 1. The molecule has 0 spiro atoms. The molecule has 110 valence electrons. The molecule has 22 heavy (non-hydrogen) atoms. The van der Waals surface area contributed by atoms with E-state index in [4.69, 9.17) is 0 Å². The van der Waals surface area contributed by atoms with Crippen LogP contribution in [0.3, 0.4) is 0 Å². The Morgan fingerprint density at radius 1 is 1.05 bits per heavy atom. The van der Waals surface area contributed by atoms with Gasteiger partial charge in [-0.25, -0.2) is 4.52 Å². The normalized spacial score (nSPS) is 10.5. The fraction of sp³-hybridized carbons (Fsp3) is 0.118. The number of amides is 1. The molecule has 0 saturated carbocycles. The summed E-state index contributed by atoms with van der Waals surface area (Å²) in [7, 11) is 0. The summed E-state index contributed by atoms with van der Waals surface area (Å²) >= 11 is 0. The van der Waals surface area contributed by atoms with E-state index in [0.29, 0.717) is 11.3 Å². The highest BCUT2D eigenvalue weighted by molar-refractivity contribution is 6.00. The third-order valence-electron chi connectivity index (χ3n) is 3.36. The second kappa shape index (κ2) is 6.22. The van der Waals surface area contributed by atoms with Crippen LogP contribution >= 0.6 is 0 Å². The molecule has 0 atom stereocenters. The van der Waals surface area contributed by atoms with Crippen molar-refractivity contribution in [1.82, 2.24) is 9.61 Å². The molecular weight excluding hydrogens is 278 g/mol. The zero-order chi connectivity index (χ0) is 15.4. The minimum atomic E-state index is -0.173. The first-order valence-corrected chi connectivity index (χ1v) is 7.04. The SMILES string of the molecule is O=C(CCC(=O)c1ccccc1)Nc1ccn2nccc2c1. The fourth-order valence-corrected chi connectivity index (χ4v) is 2.22. The van der Waals surface area contributed by atoms with Crippen LogP contribution in [0.25, 0.3) is 5.52 Å². The Morgan fingerprint density at radius 3 is 2.68 bits per heavy atom. The third kappa shape index (κ3) is 3.20. The molecule has 0 aliphatic rings. The zero-order valence-electron chi connectivity index (χ0n) is 11.9. The molecule has 0 bridgehead atoms. The van der Waals surface area contributed by atoms with Gasteiger partial charge in [0.05, 0.1) is 5.52 Å². The van der Waals surface area contributed by atoms with Gasteiger partial charge in [0, 0.05) is 36.5 Å². The first kappa shape index (κ1) is 14.0. The topological polar surface area (TPSA) is 63.5 Å². The number of rotatable bonds is 5. The van der Waals surface area contributed by atoms with Gasteiger partial charge in [-0.2, -0.15) is 5.10 Å². The van der Waals surface area contributed by atoms with E-state index in [1.165, 1.54) is 0 Å². The van der Waals surface area contributed by atoms with Gasteiger partial charge in [-0.1, -0.05) is 30.3 Å². The van der Waals surface area contributed by atoms with Crippen LogP contribution in [0.2, 0.25) is 0 Å². The number of Topliss-reactive ketones (excluding diaryl/α,β-unsaturated/α-hetero) is 1. The van der Waals surface area contributed by atoms with Crippen molar-refractivity contribution >= 4 is 22.9 Å². The van der Waals surface area contributed by atoms with Gasteiger partial charge in [0.2, 0.25) is 5.91 Å². The number of nitrogens with zero attached hydrogens (tertiary/aromatic N) is 2. The molecule has 2 heterocycles. The van der Waals surface area contributed by atoms with Gasteiger partial charge in [0.1, 0.15) is 0 Å². The maximum Gasteiger partial charge on any atom is 0.224 e. The molecule has 0 radical (unpaired) electrons. The van der Waals surface area contributed by atoms with E-state index in [0.717, 1.165) is 5.52 Å². The molecule has 3 rings (SSSR count). The lowest BCUT2D eigenvalue weighted by Gasteiger charge is -2.05. The Hall–Kier alpha value is -2.95. The van der Waals surface area contributed by atoms with Crippen LogP contribution < -0.4 is 5.32 Å². The van der Waals surface area contributed by atoms with Gasteiger partial charge in [0.25, 0.3) is 0 Å². The Labute approximate surface area is 127 Å². The van der Waals surface area contributed by atoms with E-state index in [2.05, 4.69) is 10.4 Å². The molecular formula is C17H15N3O2. The highest BCUT2D eigenvalue weighted by Gasteiger charge is 2.09. The Morgan fingerprint density at radius 2 is 1.86 bits per heavy atom. The number of nitrogens with one attached hydrogen (secondary N) is 1. The molecule has 5 heteroatoms. The van der Waals surface area contributed by atoms with E-state index in [-0.39, 0.29) is 24.5 Å². The van der Waals surface area contributed by atoms with Gasteiger partial charge in [-0.05, 0) is 18.2 Å². The molecule has 5 nitrogen and oxygen atoms in total. The zero-order valence-corrected chi connectivity index (χ0v) is 11.9. The fourth-order valence-electron chi connectivity index (χ4n) is 2.22. The lowest BCUT2D eigenvalue weighted by Crippen LogP contribution is -2.13. The number of benzene rings is 1. The third-order valence-corrected chi connectivity index (χ3v) is 3.36. The maximum absolute atomic E-state index is 12.0. The quantitative estimate of drug-likeness (QED) is 0.736. The number of pyridine rings is 1. The predicted molar refractivity (Wildman–Crippen MR) is 83.8 cm³/mol. The second-order valence-electron chi connectivity index (χ2n) is 4.95. The van der Waals surface area contributed by atoms with Crippen LogP contribution in [-0.4, -0.2) is 21.3 Å². The highest BCUT2D eigenvalue weighted by atomic mass is 16.2. The number of aromatic nitrogens is 2. The van der Waals surface area contributed by atoms with Crippen molar-refractivity contribution in [3.8, 4) is 0 Å². The maximum atomic E-state index is 12.0. The molecule has 0 fully saturated rings. The lowest BCUT2D eigenvalue weighted by atomic mass is 10.1. The van der Waals surface area contributed by atoms with Crippen molar-refractivity contribution in [2.75, 3.05) is 5.32 Å². The van der Waals surface area contributed by atoms with Crippen LogP contribution in [0.5, 0.6) is 0 Å². The van der Waals surface area contributed by atoms with Crippen molar-refractivity contribution in [2.45, 2.75) is 12.8 Å². The molecule has 1 aromatic carbocycles. The molecule has 0 aliphatic heterocycles. The summed E-state index contributed by atoms with van der Waals surface area (Å²) in [6.07, 6.45) is 3.84. The van der Waals surface area contributed by atoms with Crippen LogP contribution in [0.1, 0.15) is 23.2 Å². The Bertz CT molecular complexity index is 809. The van der Waals surface area contributed by atoms with Crippen molar-refractivity contribution in [3.05, 3.63) is 66.5 Å². The van der Waals surface area contributed by atoms with Crippen molar-refractivity contribution < 1.29 is 9.59 Å². The van der Waals surface area contributed by atoms with Gasteiger partial charge >= 0.3 is 0 Å². The first-order valence-electron chi connectivity index (χ1n) is 7.04. The molecule has 3 aromatic rings. The van der Waals surface area contributed by atoms with Crippen molar-refractivity contribution in [3.63, 3.8) is 0 Å².